The molecule has 0 saturated carbocycles. The molecule has 78 valence electrons. The summed E-state index contributed by atoms with van der Waals surface area (Å²) in [6.45, 7) is 3.56. The van der Waals surface area contributed by atoms with Gasteiger partial charge in [-0.1, -0.05) is 18.2 Å². The zero-order chi connectivity index (χ0) is 9.84. The van der Waals surface area contributed by atoms with Crippen molar-refractivity contribution in [2.75, 3.05) is 0 Å². The second-order valence-corrected chi connectivity index (χ2v) is 3.63. The second-order valence-electron chi connectivity index (χ2n) is 2.77. The molecule has 4 heteroatoms. The van der Waals surface area contributed by atoms with Crippen LogP contribution < -0.4 is 5.73 Å². The topological polar surface area (TPSA) is 26.0 Å². The Morgan fingerprint density at radius 3 is 2.79 bits per heavy atom. The number of halogens is 3. The summed E-state index contributed by atoms with van der Waals surface area (Å²) < 4.78 is 13.9. The molecule has 0 unspecified atom stereocenters. The van der Waals surface area contributed by atoms with Gasteiger partial charge in [0.05, 0.1) is 4.47 Å². The van der Waals surface area contributed by atoms with Gasteiger partial charge in [-0.2, -0.15) is 0 Å². The molecule has 0 aromatic heterocycles. The van der Waals surface area contributed by atoms with Gasteiger partial charge in [0.1, 0.15) is 5.82 Å². The fraction of sp³-hybridized carbons (Fsp3) is 0.200. The molecule has 1 aromatic carbocycles. The van der Waals surface area contributed by atoms with E-state index in [9.17, 15) is 4.39 Å². The molecule has 0 amide bonds. The third kappa shape index (κ3) is 3.08. The van der Waals surface area contributed by atoms with Crippen LogP contribution >= 0.6 is 28.3 Å². The van der Waals surface area contributed by atoms with E-state index in [0.29, 0.717) is 16.5 Å². The summed E-state index contributed by atoms with van der Waals surface area (Å²) in [7, 11) is 0. The van der Waals surface area contributed by atoms with Crippen molar-refractivity contribution >= 4 is 28.3 Å². The third-order valence-corrected chi connectivity index (χ3v) is 2.41. The lowest BCUT2D eigenvalue weighted by molar-refractivity contribution is 0.578. The lowest BCUT2D eigenvalue weighted by atomic mass is 10.0. The molecule has 0 aliphatic rings. The molecule has 1 rings (SSSR count). The van der Waals surface area contributed by atoms with Crippen LogP contribution in [0.5, 0.6) is 0 Å². The number of hydrogen-bond acceptors (Lipinski definition) is 1. The fourth-order valence-electron chi connectivity index (χ4n) is 1.11. The Hall–Kier alpha value is -0.380. The number of hydrogen-bond donors (Lipinski definition) is 1. The maximum atomic E-state index is 13.4. The number of rotatable bonds is 3. The van der Waals surface area contributed by atoms with E-state index in [0.717, 1.165) is 0 Å². The van der Waals surface area contributed by atoms with Crippen LogP contribution in [-0.2, 0) is 0 Å². The van der Waals surface area contributed by atoms with Crippen LogP contribution in [0.4, 0.5) is 4.39 Å². The summed E-state index contributed by atoms with van der Waals surface area (Å²) in [6.07, 6.45) is 2.26. The summed E-state index contributed by atoms with van der Waals surface area (Å²) in [6, 6.07) is 4.80. The Kier molecular flexibility index (Phi) is 6.00. The molecule has 1 nitrogen and oxygen atoms in total. The molecule has 2 N–H and O–H groups in total. The molecule has 1 atom stereocenters. The molecule has 14 heavy (non-hydrogen) atoms. The summed E-state index contributed by atoms with van der Waals surface area (Å²) in [4.78, 5) is 0. The maximum Gasteiger partial charge on any atom is 0.142 e. The zero-order valence-electron chi connectivity index (χ0n) is 7.54. The Bertz CT molecular complexity index is 317. The highest BCUT2D eigenvalue weighted by Crippen LogP contribution is 2.24. The Balaban J connectivity index is 0.00000169. The highest BCUT2D eigenvalue weighted by molar-refractivity contribution is 9.10. The molecule has 0 radical (unpaired) electrons. The first-order valence-corrected chi connectivity index (χ1v) is 4.76. The molecule has 0 aliphatic carbocycles. The molecular weight excluding hydrogens is 268 g/mol. The average molecular weight is 281 g/mol. The van der Waals surface area contributed by atoms with Crippen molar-refractivity contribution in [2.45, 2.75) is 12.5 Å². The molecule has 0 bridgehead atoms. The van der Waals surface area contributed by atoms with Crippen molar-refractivity contribution < 1.29 is 4.39 Å². The minimum atomic E-state index is -0.310. The van der Waals surface area contributed by atoms with Gasteiger partial charge in [-0.05, 0) is 28.4 Å². The Labute approximate surface area is 97.7 Å². The van der Waals surface area contributed by atoms with Gasteiger partial charge in [0, 0.05) is 11.6 Å². The van der Waals surface area contributed by atoms with Crippen molar-refractivity contribution in [3.05, 3.63) is 46.7 Å². The highest BCUT2D eigenvalue weighted by Gasteiger charge is 2.11. The van der Waals surface area contributed by atoms with Crippen molar-refractivity contribution in [3.8, 4) is 0 Å². The lowest BCUT2D eigenvalue weighted by Crippen LogP contribution is -2.11. The van der Waals surface area contributed by atoms with Gasteiger partial charge in [-0.3, -0.25) is 0 Å². The first-order chi connectivity index (χ1) is 6.16. The molecule has 0 spiro atoms. The van der Waals surface area contributed by atoms with Gasteiger partial charge >= 0.3 is 0 Å². The lowest BCUT2D eigenvalue weighted by Gasteiger charge is -2.10. The van der Waals surface area contributed by atoms with Crippen LogP contribution in [-0.4, -0.2) is 0 Å². The van der Waals surface area contributed by atoms with Crippen molar-refractivity contribution in [3.63, 3.8) is 0 Å². The standard InChI is InChI=1S/C10H11BrFN.ClH/c1-2-4-9(13)7-5-3-6-8(11)10(7)12;/h2-3,5-6,9H,1,4,13H2;1H/t9-;/m1./s1. The smallest absolute Gasteiger partial charge is 0.142 e. The van der Waals surface area contributed by atoms with E-state index in [1.807, 2.05) is 0 Å². The summed E-state index contributed by atoms with van der Waals surface area (Å²) in [5, 5.41) is 0. The molecule has 0 aliphatic heterocycles. The van der Waals surface area contributed by atoms with E-state index in [-0.39, 0.29) is 24.3 Å². The SMILES string of the molecule is C=CC[C@@H](N)c1cccc(Br)c1F.Cl. The Morgan fingerprint density at radius 1 is 1.57 bits per heavy atom. The normalized spacial score (nSPS) is 11.6. The first kappa shape index (κ1) is 13.6. The van der Waals surface area contributed by atoms with Gasteiger partial charge in [-0.15, -0.1) is 19.0 Å². The predicted octanol–water partition coefficient (Wildman–Crippen LogP) is 3.59. The van der Waals surface area contributed by atoms with Crippen LogP contribution in [0, 0.1) is 5.82 Å². The van der Waals surface area contributed by atoms with Crippen molar-refractivity contribution in [1.82, 2.24) is 0 Å². The van der Waals surface area contributed by atoms with E-state index in [1.54, 1.807) is 24.3 Å². The minimum absolute atomic E-state index is 0. The van der Waals surface area contributed by atoms with Gasteiger partial charge < -0.3 is 5.73 Å². The van der Waals surface area contributed by atoms with Gasteiger partial charge in [-0.25, -0.2) is 4.39 Å². The van der Waals surface area contributed by atoms with E-state index in [2.05, 4.69) is 22.5 Å². The molecule has 0 saturated heterocycles. The van der Waals surface area contributed by atoms with Crippen molar-refractivity contribution in [2.24, 2.45) is 5.73 Å². The second kappa shape index (κ2) is 6.17. The average Bonchev–Trinajstić information content (AvgIpc) is 2.10. The summed E-state index contributed by atoms with van der Waals surface area (Å²) in [5.41, 5.74) is 6.27. The summed E-state index contributed by atoms with van der Waals surface area (Å²) >= 11 is 3.11. The fourth-order valence-corrected chi connectivity index (χ4v) is 1.49. The monoisotopic (exact) mass is 279 g/mol. The molecule has 1 aromatic rings. The molecular formula is C10H12BrClFN. The third-order valence-electron chi connectivity index (χ3n) is 1.80. The van der Waals surface area contributed by atoms with E-state index in [1.165, 1.54) is 0 Å². The van der Waals surface area contributed by atoms with Crippen LogP contribution in [0.15, 0.2) is 35.3 Å². The van der Waals surface area contributed by atoms with E-state index in [4.69, 9.17) is 5.73 Å². The minimum Gasteiger partial charge on any atom is -0.324 e. The molecule has 0 fully saturated rings. The largest absolute Gasteiger partial charge is 0.324 e. The van der Waals surface area contributed by atoms with Gasteiger partial charge in [0.15, 0.2) is 0 Å². The first-order valence-electron chi connectivity index (χ1n) is 3.97. The van der Waals surface area contributed by atoms with Crippen LogP contribution in [0.25, 0.3) is 0 Å². The summed E-state index contributed by atoms with van der Waals surface area (Å²) in [5.74, 6) is -0.281. The van der Waals surface area contributed by atoms with Gasteiger partial charge in [0.25, 0.3) is 0 Å². The van der Waals surface area contributed by atoms with Crippen molar-refractivity contribution in [1.29, 1.82) is 0 Å². The van der Waals surface area contributed by atoms with E-state index >= 15 is 0 Å². The van der Waals surface area contributed by atoms with Crippen LogP contribution in [0.3, 0.4) is 0 Å². The number of nitrogens with two attached hydrogens (primary N) is 1. The number of benzene rings is 1. The van der Waals surface area contributed by atoms with Crippen LogP contribution in [0.2, 0.25) is 0 Å². The molecule has 0 heterocycles. The highest BCUT2D eigenvalue weighted by atomic mass is 79.9. The Morgan fingerprint density at radius 2 is 2.21 bits per heavy atom. The van der Waals surface area contributed by atoms with Gasteiger partial charge in [0.2, 0.25) is 0 Å². The quantitative estimate of drug-likeness (QED) is 0.841. The van der Waals surface area contributed by atoms with Crippen LogP contribution in [0.1, 0.15) is 18.0 Å². The zero-order valence-corrected chi connectivity index (χ0v) is 9.94. The maximum absolute atomic E-state index is 13.4. The van der Waals surface area contributed by atoms with E-state index < -0.39 is 0 Å². The predicted molar refractivity (Wildman–Crippen MR) is 63.1 cm³/mol.